The van der Waals surface area contributed by atoms with Crippen LogP contribution in [-0.4, -0.2) is 13.6 Å². The normalized spacial score (nSPS) is 12.2. The van der Waals surface area contributed by atoms with E-state index >= 15 is 0 Å². The average Bonchev–Trinajstić information content (AvgIpc) is 2.41. The van der Waals surface area contributed by atoms with Crippen molar-refractivity contribution in [3.63, 3.8) is 0 Å². The second kappa shape index (κ2) is 5.69. The Hall–Kier alpha value is -1.80. The van der Waals surface area contributed by atoms with E-state index in [9.17, 15) is 0 Å². The lowest BCUT2D eigenvalue weighted by molar-refractivity contribution is 0.679. The molecular formula is C16H20N2. The third-order valence-electron chi connectivity index (χ3n) is 3.37. The Balaban J connectivity index is 2.32. The van der Waals surface area contributed by atoms with Crippen LogP contribution in [0.15, 0.2) is 54.6 Å². The van der Waals surface area contributed by atoms with Gasteiger partial charge in [-0.15, -0.1) is 0 Å². The highest BCUT2D eigenvalue weighted by Gasteiger charge is 2.16. The predicted molar refractivity (Wildman–Crippen MR) is 77.8 cm³/mol. The van der Waals surface area contributed by atoms with Gasteiger partial charge in [0.25, 0.3) is 0 Å². The molecule has 2 heteroatoms. The Morgan fingerprint density at radius 1 is 1.00 bits per heavy atom. The molecule has 2 aromatic rings. The van der Waals surface area contributed by atoms with Crippen molar-refractivity contribution in [3.8, 4) is 0 Å². The van der Waals surface area contributed by atoms with E-state index in [0.717, 1.165) is 0 Å². The molecule has 0 saturated heterocycles. The lowest BCUT2D eigenvalue weighted by atomic mass is 10.0. The van der Waals surface area contributed by atoms with E-state index in [1.54, 1.807) is 0 Å². The van der Waals surface area contributed by atoms with Gasteiger partial charge in [-0.2, -0.15) is 0 Å². The monoisotopic (exact) mass is 240 g/mol. The summed E-state index contributed by atoms with van der Waals surface area (Å²) in [6.45, 7) is 2.74. The number of aryl methyl sites for hydroxylation is 1. The molecule has 2 N–H and O–H groups in total. The van der Waals surface area contributed by atoms with Crippen molar-refractivity contribution < 1.29 is 0 Å². The van der Waals surface area contributed by atoms with Crippen LogP contribution in [0.5, 0.6) is 0 Å². The molecule has 2 nitrogen and oxygen atoms in total. The Morgan fingerprint density at radius 2 is 1.61 bits per heavy atom. The molecule has 0 aliphatic carbocycles. The first-order valence-corrected chi connectivity index (χ1v) is 6.27. The van der Waals surface area contributed by atoms with E-state index in [4.69, 9.17) is 5.73 Å². The van der Waals surface area contributed by atoms with Gasteiger partial charge in [-0.3, -0.25) is 0 Å². The first-order chi connectivity index (χ1) is 8.74. The molecule has 18 heavy (non-hydrogen) atoms. The van der Waals surface area contributed by atoms with Gasteiger partial charge in [0.15, 0.2) is 0 Å². The van der Waals surface area contributed by atoms with Crippen molar-refractivity contribution in [2.24, 2.45) is 5.73 Å². The molecule has 0 aliphatic heterocycles. The summed E-state index contributed by atoms with van der Waals surface area (Å²) < 4.78 is 0. The molecule has 0 spiro atoms. The van der Waals surface area contributed by atoms with Crippen LogP contribution in [0.3, 0.4) is 0 Å². The topological polar surface area (TPSA) is 29.3 Å². The molecule has 0 aromatic heterocycles. The van der Waals surface area contributed by atoms with Gasteiger partial charge in [-0.25, -0.2) is 0 Å². The van der Waals surface area contributed by atoms with Crippen molar-refractivity contribution >= 4 is 5.69 Å². The fourth-order valence-corrected chi connectivity index (χ4v) is 2.32. The Kier molecular flexibility index (Phi) is 4.00. The van der Waals surface area contributed by atoms with Gasteiger partial charge in [-0.05, 0) is 24.1 Å². The highest BCUT2D eigenvalue weighted by molar-refractivity contribution is 5.54. The second-order valence-corrected chi connectivity index (χ2v) is 4.56. The van der Waals surface area contributed by atoms with Gasteiger partial charge in [-0.1, -0.05) is 48.5 Å². The van der Waals surface area contributed by atoms with Crippen molar-refractivity contribution in [1.29, 1.82) is 0 Å². The highest BCUT2D eigenvalue weighted by Crippen LogP contribution is 2.27. The van der Waals surface area contributed by atoms with Crippen molar-refractivity contribution in [2.75, 3.05) is 18.5 Å². The van der Waals surface area contributed by atoms with Gasteiger partial charge >= 0.3 is 0 Å². The molecule has 0 amide bonds. The number of benzene rings is 2. The fourth-order valence-electron chi connectivity index (χ4n) is 2.32. The molecule has 1 atom stereocenters. The minimum atomic E-state index is 0.215. The number of likely N-dealkylation sites (N-methyl/N-ethyl adjacent to an activating group) is 1. The molecular weight excluding hydrogens is 220 g/mol. The minimum Gasteiger partial charge on any atom is -0.366 e. The standard InChI is InChI=1S/C16H20N2/c1-13-8-6-7-11-15(13)18(2)16(12-17)14-9-4-3-5-10-14/h3-11,16H,12,17H2,1-2H3. The van der Waals surface area contributed by atoms with Crippen LogP contribution in [0.4, 0.5) is 5.69 Å². The molecule has 2 rings (SSSR count). The van der Waals surface area contributed by atoms with E-state index in [2.05, 4.69) is 67.4 Å². The molecule has 0 saturated carbocycles. The Labute approximate surface area is 109 Å². The molecule has 1 unspecified atom stereocenters. The van der Waals surface area contributed by atoms with Crippen LogP contribution in [0, 0.1) is 6.92 Å². The maximum Gasteiger partial charge on any atom is 0.0661 e. The van der Waals surface area contributed by atoms with Gasteiger partial charge in [0.2, 0.25) is 0 Å². The van der Waals surface area contributed by atoms with Gasteiger partial charge in [0, 0.05) is 19.3 Å². The summed E-state index contributed by atoms with van der Waals surface area (Å²) in [7, 11) is 2.10. The van der Waals surface area contributed by atoms with Crippen molar-refractivity contribution in [1.82, 2.24) is 0 Å². The molecule has 0 fully saturated rings. The van der Waals surface area contributed by atoms with Crippen molar-refractivity contribution in [2.45, 2.75) is 13.0 Å². The second-order valence-electron chi connectivity index (χ2n) is 4.56. The number of hydrogen-bond donors (Lipinski definition) is 1. The minimum absolute atomic E-state index is 0.215. The summed E-state index contributed by atoms with van der Waals surface area (Å²) in [5, 5.41) is 0. The highest BCUT2D eigenvalue weighted by atomic mass is 15.1. The number of para-hydroxylation sites is 1. The molecule has 0 aliphatic rings. The SMILES string of the molecule is Cc1ccccc1N(C)C(CN)c1ccccc1. The molecule has 0 radical (unpaired) electrons. The number of rotatable bonds is 4. The fraction of sp³-hybridized carbons (Fsp3) is 0.250. The summed E-state index contributed by atoms with van der Waals surface area (Å²) in [4.78, 5) is 2.25. The van der Waals surface area contributed by atoms with Crippen LogP contribution >= 0.6 is 0 Å². The van der Waals surface area contributed by atoms with Crippen LogP contribution in [-0.2, 0) is 0 Å². The van der Waals surface area contributed by atoms with Gasteiger partial charge in [0.05, 0.1) is 6.04 Å². The molecule has 0 heterocycles. The number of anilines is 1. The maximum atomic E-state index is 5.95. The summed E-state index contributed by atoms with van der Waals surface area (Å²) in [5.74, 6) is 0. The average molecular weight is 240 g/mol. The number of nitrogens with zero attached hydrogens (tertiary/aromatic N) is 1. The van der Waals surface area contributed by atoms with Crippen LogP contribution in [0.1, 0.15) is 17.2 Å². The maximum absolute atomic E-state index is 5.95. The van der Waals surface area contributed by atoms with E-state index in [0.29, 0.717) is 6.54 Å². The smallest absolute Gasteiger partial charge is 0.0661 e. The zero-order valence-electron chi connectivity index (χ0n) is 11.0. The largest absolute Gasteiger partial charge is 0.366 e. The number of hydrogen-bond acceptors (Lipinski definition) is 2. The summed E-state index contributed by atoms with van der Waals surface area (Å²) in [5.41, 5.74) is 9.71. The summed E-state index contributed by atoms with van der Waals surface area (Å²) in [6, 6.07) is 19.0. The lowest BCUT2D eigenvalue weighted by Gasteiger charge is -2.30. The lowest BCUT2D eigenvalue weighted by Crippen LogP contribution is -2.30. The summed E-state index contributed by atoms with van der Waals surface area (Å²) in [6.07, 6.45) is 0. The molecule has 94 valence electrons. The number of nitrogens with two attached hydrogens (primary N) is 1. The van der Waals surface area contributed by atoms with Gasteiger partial charge in [0.1, 0.15) is 0 Å². The first-order valence-electron chi connectivity index (χ1n) is 6.27. The van der Waals surface area contributed by atoms with Crippen LogP contribution in [0.25, 0.3) is 0 Å². The third kappa shape index (κ3) is 2.54. The third-order valence-corrected chi connectivity index (χ3v) is 3.37. The zero-order valence-corrected chi connectivity index (χ0v) is 11.0. The zero-order chi connectivity index (χ0) is 13.0. The van der Waals surface area contributed by atoms with Crippen LogP contribution in [0.2, 0.25) is 0 Å². The Morgan fingerprint density at radius 3 is 2.22 bits per heavy atom. The quantitative estimate of drug-likeness (QED) is 0.889. The Bertz CT molecular complexity index is 493. The molecule has 2 aromatic carbocycles. The predicted octanol–water partition coefficient (Wildman–Crippen LogP) is 3.13. The van der Waals surface area contributed by atoms with Crippen LogP contribution < -0.4 is 10.6 Å². The van der Waals surface area contributed by atoms with Gasteiger partial charge < -0.3 is 10.6 Å². The molecule has 0 bridgehead atoms. The first kappa shape index (κ1) is 12.7. The van der Waals surface area contributed by atoms with E-state index in [1.807, 2.05) is 6.07 Å². The van der Waals surface area contributed by atoms with E-state index < -0.39 is 0 Å². The summed E-state index contributed by atoms with van der Waals surface area (Å²) >= 11 is 0. The van der Waals surface area contributed by atoms with E-state index in [1.165, 1.54) is 16.8 Å². The van der Waals surface area contributed by atoms with Crippen molar-refractivity contribution in [3.05, 3.63) is 65.7 Å². The van der Waals surface area contributed by atoms with E-state index in [-0.39, 0.29) is 6.04 Å².